The fourth-order valence-electron chi connectivity index (χ4n) is 7.72. The van der Waals surface area contributed by atoms with Crippen molar-refractivity contribution in [3.63, 3.8) is 0 Å². The van der Waals surface area contributed by atoms with E-state index in [1.165, 1.54) is 5.57 Å². The zero-order chi connectivity index (χ0) is 20.3. The lowest BCUT2D eigenvalue weighted by Crippen LogP contribution is -2.48. The quantitative estimate of drug-likeness (QED) is 0.729. The fourth-order valence-corrected chi connectivity index (χ4v) is 7.72. The van der Waals surface area contributed by atoms with Crippen molar-refractivity contribution in [2.45, 2.75) is 91.1 Å². The van der Waals surface area contributed by atoms with E-state index in [0.29, 0.717) is 30.5 Å². The molecule has 7 atom stereocenters. The van der Waals surface area contributed by atoms with E-state index in [1.54, 1.807) is 0 Å². The second kappa shape index (κ2) is 6.97. The zero-order valence-corrected chi connectivity index (χ0v) is 17.7. The molecule has 4 nitrogen and oxygen atoms in total. The lowest BCUT2D eigenvalue weighted by molar-refractivity contribution is -0.137. The second-order valence-electron chi connectivity index (χ2n) is 10.7. The van der Waals surface area contributed by atoms with Crippen LogP contribution in [0.4, 0.5) is 0 Å². The lowest BCUT2D eigenvalue weighted by Gasteiger charge is -2.56. The van der Waals surface area contributed by atoms with Crippen molar-refractivity contribution in [1.82, 2.24) is 0 Å². The highest BCUT2D eigenvalue weighted by Crippen LogP contribution is 2.65. The topological polar surface area (TPSA) is 74.6 Å². The second-order valence-corrected chi connectivity index (χ2v) is 10.7. The van der Waals surface area contributed by atoms with Gasteiger partial charge in [-0.1, -0.05) is 26.3 Å². The predicted octanol–water partition coefficient (Wildman–Crippen LogP) is 4.75. The summed E-state index contributed by atoms with van der Waals surface area (Å²) >= 11 is 0. The van der Waals surface area contributed by atoms with Crippen LogP contribution in [0, 0.1) is 34.5 Å². The fraction of sp³-hybridized carbons (Fsp3) is 0.833. The van der Waals surface area contributed by atoms with E-state index >= 15 is 0 Å². The highest BCUT2D eigenvalue weighted by Gasteiger charge is 2.58. The minimum atomic E-state index is -0.741. The third kappa shape index (κ3) is 2.98. The third-order valence-electron chi connectivity index (χ3n) is 9.33. The van der Waals surface area contributed by atoms with Gasteiger partial charge in [-0.3, -0.25) is 9.59 Å². The molecule has 4 heteroatoms. The van der Waals surface area contributed by atoms with E-state index in [0.717, 1.165) is 50.5 Å². The van der Waals surface area contributed by atoms with Crippen molar-refractivity contribution in [1.29, 1.82) is 0 Å². The number of aliphatic hydroxyl groups excluding tert-OH is 1. The van der Waals surface area contributed by atoms with Gasteiger partial charge in [0, 0.05) is 18.4 Å². The number of carboxylic acids is 1. The van der Waals surface area contributed by atoms with Crippen LogP contribution in [-0.2, 0) is 9.59 Å². The first-order chi connectivity index (χ1) is 13.2. The first kappa shape index (κ1) is 20.1. The van der Waals surface area contributed by atoms with Crippen molar-refractivity contribution in [3.8, 4) is 0 Å². The molecular weight excluding hydrogens is 352 g/mol. The van der Waals surface area contributed by atoms with Gasteiger partial charge in [-0.2, -0.15) is 0 Å². The Balaban J connectivity index is 1.65. The summed E-state index contributed by atoms with van der Waals surface area (Å²) in [6.45, 7) is 6.85. The summed E-state index contributed by atoms with van der Waals surface area (Å²) in [5, 5.41) is 19.2. The van der Waals surface area contributed by atoms with Crippen LogP contribution >= 0.6 is 0 Å². The molecule has 3 saturated carbocycles. The van der Waals surface area contributed by atoms with Gasteiger partial charge in [0.25, 0.3) is 0 Å². The Bertz CT molecular complexity index is 709. The van der Waals surface area contributed by atoms with Crippen molar-refractivity contribution in [2.75, 3.05) is 0 Å². The van der Waals surface area contributed by atoms with Crippen LogP contribution < -0.4 is 0 Å². The first-order valence-corrected chi connectivity index (χ1v) is 11.3. The molecule has 0 saturated heterocycles. The Kier molecular flexibility index (Phi) is 5.01. The molecule has 0 heterocycles. The summed E-state index contributed by atoms with van der Waals surface area (Å²) in [7, 11) is 0. The van der Waals surface area contributed by atoms with Crippen molar-refractivity contribution >= 4 is 11.8 Å². The van der Waals surface area contributed by atoms with Gasteiger partial charge in [-0.25, -0.2) is 0 Å². The molecule has 4 aliphatic rings. The van der Waals surface area contributed by atoms with Crippen molar-refractivity contribution in [2.24, 2.45) is 34.5 Å². The molecule has 0 aromatic carbocycles. The summed E-state index contributed by atoms with van der Waals surface area (Å²) in [6, 6.07) is 0. The Morgan fingerprint density at radius 3 is 2.68 bits per heavy atom. The molecule has 0 bridgehead atoms. The molecule has 0 aliphatic heterocycles. The molecule has 28 heavy (non-hydrogen) atoms. The SMILES string of the molecule is C[C@H](CCC(=O)O)[C@H]1CC(=O)C2=C3CCC4CC(O)CC[C@]4(C)[C@H]3CC[C@@]21C. The summed E-state index contributed by atoms with van der Waals surface area (Å²) < 4.78 is 0. The van der Waals surface area contributed by atoms with Crippen LogP contribution in [0.25, 0.3) is 0 Å². The Labute approximate surface area is 168 Å². The monoisotopic (exact) mass is 388 g/mol. The van der Waals surface area contributed by atoms with Gasteiger partial charge < -0.3 is 10.2 Å². The molecule has 0 aromatic rings. The average molecular weight is 389 g/mol. The zero-order valence-electron chi connectivity index (χ0n) is 17.7. The number of hydrogen-bond acceptors (Lipinski definition) is 3. The molecule has 156 valence electrons. The Morgan fingerprint density at radius 1 is 1.21 bits per heavy atom. The molecule has 0 radical (unpaired) electrons. The summed E-state index contributed by atoms with van der Waals surface area (Å²) in [4.78, 5) is 24.3. The van der Waals surface area contributed by atoms with Crippen LogP contribution in [0.5, 0.6) is 0 Å². The molecule has 2 N–H and O–H groups in total. The molecule has 4 rings (SSSR count). The van der Waals surface area contributed by atoms with Gasteiger partial charge in [0.2, 0.25) is 0 Å². The minimum Gasteiger partial charge on any atom is -0.481 e. The van der Waals surface area contributed by atoms with Crippen molar-refractivity contribution in [3.05, 3.63) is 11.1 Å². The highest BCUT2D eigenvalue weighted by molar-refractivity contribution is 6.00. The number of carboxylic acid groups (broad SMARTS) is 1. The summed E-state index contributed by atoms with van der Waals surface area (Å²) in [6.07, 6.45) is 8.52. The maximum atomic E-state index is 13.2. The number of hydrogen-bond donors (Lipinski definition) is 2. The number of allylic oxidation sites excluding steroid dienone is 2. The van der Waals surface area contributed by atoms with Gasteiger partial charge in [0.15, 0.2) is 5.78 Å². The van der Waals surface area contributed by atoms with Gasteiger partial charge >= 0.3 is 5.97 Å². The molecule has 4 aliphatic carbocycles. The first-order valence-electron chi connectivity index (χ1n) is 11.3. The van der Waals surface area contributed by atoms with Crippen LogP contribution in [0.15, 0.2) is 11.1 Å². The van der Waals surface area contributed by atoms with E-state index in [-0.39, 0.29) is 35.2 Å². The number of carbonyl (C=O) groups excluding carboxylic acids is 1. The maximum absolute atomic E-state index is 13.2. The largest absolute Gasteiger partial charge is 0.481 e. The number of Topliss-reactive ketones (excluding diaryl/α,β-unsaturated/α-hetero) is 1. The normalized spacial score (nSPS) is 43.9. The van der Waals surface area contributed by atoms with E-state index in [9.17, 15) is 14.7 Å². The Morgan fingerprint density at radius 2 is 1.96 bits per heavy atom. The Hall–Kier alpha value is -1.16. The summed E-state index contributed by atoms with van der Waals surface area (Å²) in [5.74, 6) is 1.22. The molecule has 3 fully saturated rings. The number of carbonyl (C=O) groups is 2. The van der Waals surface area contributed by atoms with Crippen LogP contribution in [-0.4, -0.2) is 28.1 Å². The van der Waals surface area contributed by atoms with Gasteiger partial charge in [-0.15, -0.1) is 0 Å². The maximum Gasteiger partial charge on any atom is 0.303 e. The smallest absolute Gasteiger partial charge is 0.303 e. The molecule has 0 amide bonds. The van der Waals surface area contributed by atoms with Crippen LogP contribution in [0.2, 0.25) is 0 Å². The minimum absolute atomic E-state index is 0.0712. The third-order valence-corrected chi connectivity index (χ3v) is 9.33. The number of rotatable bonds is 4. The molecule has 0 aromatic heterocycles. The van der Waals surface area contributed by atoms with Gasteiger partial charge in [0.05, 0.1) is 6.10 Å². The predicted molar refractivity (Wildman–Crippen MR) is 108 cm³/mol. The van der Waals surface area contributed by atoms with Gasteiger partial charge in [-0.05, 0) is 85.9 Å². The highest BCUT2D eigenvalue weighted by atomic mass is 16.4. The summed E-state index contributed by atoms with van der Waals surface area (Å²) in [5.41, 5.74) is 2.75. The van der Waals surface area contributed by atoms with E-state index in [1.807, 2.05) is 0 Å². The van der Waals surface area contributed by atoms with E-state index in [2.05, 4.69) is 20.8 Å². The molecule has 2 unspecified atom stereocenters. The average Bonchev–Trinajstić information content (AvgIpc) is 2.91. The van der Waals surface area contributed by atoms with E-state index in [4.69, 9.17) is 5.11 Å². The number of fused-ring (bicyclic) bond motifs is 4. The standard InChI is InChI=1S/C24H36O4/c1-14(4-7-21(27)28)19-13-20(26)22-17-6-5-15-12-16(25)8-10-23(15,2)18(17)9-11-24(19,22)3/h14-16,18-19,25H,4-13H2,1-3H3,(H,27,28)/t14-,15?,16?,18+,19-,23+,24-/m1/s1. The molecular formula is C24H36O4. The number of aliphatic carboxylic acids is 1. The number of aliphatic hydroxyl groups is 1. The van der Waals surface area contributed by atoms with E-state index < -0.39 is 5.97 Å². The van der Waals surface area contributed by atoms with Gasteiger partial charge in [0.1, 0.15) is 0 Å². The molecule has 0 spiro atoms. The number of ketones is 1. The van der Waals surface area contributed by atoms with Crippen LogP contribution in [0.1, 0.15) is 85.0 Å². The van der Waals surface area contributed by atoms with Crippen molar-refractivity contribution < 1.29 is 19.8 Å². The lowest BCUT2D eigenvalue weighted by atomic mass is 9.48. The van der Waals surface area contributed by atoms with Crippen LogP contribution in [0.3, 0.4) is 0 Å².